The molecule has 0 saturated carbocycles. The van der Waals surface area contributed by atoms with Crippen LogP contribution < -0.4 is 0 Å². The molecule has 0 aliphatic carbocycles. The van der Waals surface area contributed by atoms with Gasteiger partial charge in [0.2, 0.25) is 0 Å². The summed E-state index contributed by atoms with van der Waals surface area (Å²) in [5, 5.41) is 0. The molecule has 14 heavy (non-hydrogen) atoms. The van der Waals surface area contributed by atoms with Crippen molar-refractivity contribution in [3.05, 3.63) is 12.2 Å². The van der Waals surface area contributed by atoms with E-state index in [4.69, 9.17) is 0 Å². The second kappa shape index (κ2) is 12.1. The van der Waals surface area contributed by atoms with Crippen LogP contribution in [0.15, 0.2) is 12.2 Å². The molecule has 0 spiro atoms. The van der Waals surface area contributed by atoms with E-state index in [2.05, 4.69) is 0 Å². The van der Waals surface area contributed by atoms with E-state index in [1.807, 2.05) is 6.08 Å². The Morgan fingerprint density at radius 2 is 1.29 bits per heavy atom. The van der Waals surface area contributed by atoms with Crippen LogP contribution in [0, 0.1) is 0 Å². The SMILES string of the molecule is O=CC=CCCCCCCCCC=O. The van der Waals surface area contributed by atoms with E-state index in [-0.39, 0.29) is 0 Å². The summed E-state index contributed by atoms with van der Waals surface area (Å²) in [6.45, 7) is 0. The van der Waals surface area contributed by atoms with Crippen LogP contribution >= 0.6 is 0 Å². The molecule has 0 aromatic rings. The molecule has 2 heteroatoms. The van der Waals surface area contributed by atoms with Crippen molar-refractivity contribution < 1.29 is 9.59 Å². The van der Waals surface area contributed by atoms with E-state index in [0.29, 0.717) is 6.42 Å². The zero-order valence-electron chi connectivity index (χ0n) is 8.78. The van der Waals surface area contributed by atoms with Gasteiger partial charge < -0.3 is 4.79 Å². The first-order valence-corrected chi connectivity index (χ1v) is 5.45. The molecule has 0 aliphatic rings. The molecule has 0 fully saturated rings. The van der Waals surface area contributed by atoms with Gasteiger partial charge in [-0.05, 0) is 25.3 Å². The van der Waals surface area contributed by atoms with E-state index >= 15 is 0 Å². The molecule has 0 heterocycles. The topological polar surface area (TPSA) is 34.1 Å². The number of allylic oxidation sites excluding steroid dienone is 2. The Labute approximate surface area is 86.4 Å². The van der Waals surface area contributed by atoms with E-state index < -0.39 is 0 Å². The average molecular weight is 196 g/mol. The molecule has 0 bridgehead atoms. The maximum atomic E-state index is 10.0. The summed E-state index contributed by atoms with van der Waals surface area (Å²) in [6, 6.07) is 0. The first-order valence-electron chi connectivity index (χ1n) is 5.45. The quantitative estimate of drug-likeness (QED) is 0.306. The largest absolute Gasteiger partial charge is 0.303 e. The van der Waals surface area contributed by atoms with Crippen LogP contribution in [-0.2, 0) is 9.59 Å². The molecule has 0 rings (SSSR count). The van der Waals surface area contributed by atoms with Gasteiger partial charge in [0, 0.05) is 6.42 Å². The third-order valence-electron chi connectivity index (χ3n) is 2.16. The highest BCUT2D eigenvalue weighted by Crippen LogP contribution is 2.08. The Morgan fingerprint density at radius 3 is 1.86 bits per heavy atom. The highest BCUT2D eigenvalue weighted by molar-refractivity contribution is 5.64. The summed E-state index contributed by atoms with van der Waals surface area (Å²) in [7, 11) is 0. The number of rotatable bonds is 10. The first-order chi connectivity index (χ1) is 6.91. The van der Waals surface area contributed by atoms with Crippen LogP contribution in [0.5, 0.6) is 0 Å². The summed E-state index contributed by atoms with van der Waals surface area (Å²) in [4.78, 5) is 19.9. The van der Waals surface area contributed by atoms with Crippen molar-refractivity contribution in [2.75, 3.05) is 0 Å². The van der Waals surface area contributed by atoms with Gasteiger partial charge >= 0.3 is 0 Å². The molecule has 2 nitrogen and oxygen atoms in total. The fraction of sp³-hybridized carbons (Fsp3) is 0.667. The minimum atomic E-state index is 0.710. The van der Waals surface area contributed by atoms with E-state index in [1.165, 1.54) is 25.7 Å². The van der Waals surface area contributed by atoms with Gasteiger partial charge in [0.15, 0.2) is 0 Å². The molecule has 0 saturated heterocycles. The third-order valence-corrected chi connectivity index (χ3v) is 2.16. The molecule has 80 valence electrons. The van der Waals surface area contributed by atoms with Gasteiger partial charge in [-0.15, -0.1) is 0 Å². The lowest BCUT2D eigenvalue weighted by Crippen LogP contribution is -1.80. The fourth-order valence-electron chi connectivity index (χ4n) is 1.35. The van der Waals surface area contributed by atoms with Crippen LogP contribution in [0.1, 0.15) is 51.4 Å². The predicted octanol–water partition coefficient (Wildman–Crippen LogP) is 3.06. The highest BCUT2D eigenvalue weighted by atomic mass is 16.1. The van der Waals surface area contributed by atoms with Gasteiger partial charge in [-0.3, -0.25) is 4.79 Å². The number of hydrogen-bond donors (Lipinski definition) is 0. The van der Waals surface area contributed by atoms with Gasteiger partial charge in [-0.1, -0.05) is 31.8 Å². The molecule has 0 aromatic carbocycles. The smallest absolute Gasteiger partial charge is 0.142 e. The zero-order chi connectivity index (χ0) is 10.5. The van der Waals surface area contributed by atoms with Gasteiger partial charge in [0.25, 0.3) is 0 Å². The second-order valence-electron chi connectivity index (χ2n) is 3.43. The van der Waals surface area contributed by atoms with Crippen LogP contribution in [-0.4, -0.2) is 12.6 Å². The summed E-state index contributed by atoms with van der Waals surface area (Å²) >= 11 is 0. The molecular formula is C12H20O2. The molecule has 0 atom stereocenters. The zero-order valence-corrected chi connectivity index (χ0v) is 8.78. The van der Waals surface area contributed by atoms with Crippen molar-refractivity contribution in [1.82, 2.24) is 0 Å². The molecule has 0 aliphatic heterocycles. The third kappa shape index (κ3) is 11.1. The minimum absolute atomic E-state index is 0.710. The molecule has 0 N–H and O–H groups in total. The van der Waals surface area contributed by atoms with E-state index in [1.54, 1.807) is 6.08 Å². The van der Waals surface area contributed by atoms with Gasteiger partial charge in [0.1, 0.15) is 12.6 Å². The van der Waals surface area contributed by atoms with E-state index in [9.17, 15) is 9.59 Å². The predicted molar refractivity (Wildman–Crippen MR) is 58.2 cm³/mol. The Morgan fingerprint density at radius 1 is 0.714 bits per heavy atom. The van der Waals surface area contributed by atoms with Crippen molar-refractivity contribution >= 4 is 12.6 Å². The van der Waals surface area contributed by atoms with Gasteiger partial charge in [0.05, 0.1) is 0 Å². The summed E-state index contributed by atoms with van der Waals surface area (Å²) in [6.07, 6.45) is 14.1. The molecule has 0 unspecified atom stereocenters. The summed E-state index contributed by atoms with van der Waals surface area (Å²) < 4.78 is 0. The monoisotopic (exact) mass is 196 g/mol. The van der Waals surface area contributed by atoms with Crippen LogP contribution in [0.2, 0.25) is 0 Å². The summed E-state index contributed by atoms with van der Waals surface area (Å²) in [5.41, 5.74) is 0. The molecular weight excluding hydrogens is 176 g/mol. The van der Waals surface area contributed by atoms with Crippen molar-refractivity contribution in [2.45, 2.75) is 51.4 Å². The van der Waals surface area contributed by atoms with Crippen molar-refractivity contribution in [1.29, 1.82) is 0 Å². The highest BCUT2D eigenvalue weighted by Gasteiger charge is 1.89. The standard InChI is InChI=1S/C12H20O2/c13-11-9-7-5-3-1-2-4-6-8-10-12-14/h7,9,11-12H,1-6,8,10H2. The van der Waals surface area contributed by atoms with Crippen molar-refractivity contribution in [3.63, 3.8) is 0 Å². The Bertz CT molecular complexity index is 162. The summed E-state index contributed by atoms with van der Waals surface area (Å²) in [5.74, 6) is 0. The van der Waals surface area contributed by atoms with Crippen LogP contribution in [0.3, 0.4) is 0 Å². The Hall–Kier alpha value is -0.920. The molecule has 0 amide bonds. The average Bonchev–Trinajstić information content (AvgIpc) is 2.21. The maximum absolute atomic E-state index is 10.0. The number of carbonyl (C=O) groups is 2. The second-order valence-corrected chi connectivity index (χ2v) is 3.43. The lowest BCUT2D eigenvalue weighted by Gasteiger charge is -1.98. The lowest BCUT2D eigenvalue weighted by atomic mass is 10.1. The number of carbonyl (C=O) groups excluding carboxylic acids is 2. The molecule has 0 aromatic heterocycles. The van der Waals surface area contributed by atoms with Crippen molar-refractivity contribution in [3.8, 4) is 0 Å². The normalized spacial score (nSPS) is 10.6. The Kier molecular flexibility index (Phi) is 11.3. The molecule has 0 radical (unpaired) electrons. The van der Waals surface area contributed by atoms with Crippen LogP contribution in [0.25, 0.3) is 0 Å². The van der Waals surface area contributed by atoms with E-state index in [0.717, 1.165) is 31.8 Å². The maximum Gasteiger partial charge on any atom is 0.142 e. The number of aldehydes is 2. The number of unbranched alkanes of at least 4 members (excludes halogenated alkanes) is 7. The minimum Gasteiger partial charge on any atom is -0.303 e. The fourth-order valence-corrected chi connectivity index (χ4v) is 1.35. The Balaban J connectivity index is 2.95. The van der Waals surface area contributed by atoms with Gasteiger partial charge in [-0.2, -0.15) is 0 Å². The first kappa shape index (κ1) is 13.1. The van der Waals surface area contributed by atoms with Crippen molar-refractivity contribution in [2.24, 2.45) is 0 Å². The van der Waals surface area contributed by atoms with Crippen LogP contribution in [0.4, 0.5) is 0 Å². The number of hydrogen-bond acceptors (Lipinski definition) is 2. The van der Waals surface area contributed by atoms with Gasteiger partial charge in [-0.25, -0.2) is 0 Å². The lowest BCUT2D eigenvalue weighted by molar-refractivity contribution is -0.108.